The van der Waals surface area contributed by atoms with Gasteiger partial charge in [-0.1, -0.05) is 74.2 Å². The Morgan fingerprint density at radius 3 is 2.39 bits per heavy atom. The number of hydrogen-bond acceptors (Lipinski definition) is 6. The zero-order valence-electron chi connectivity index (χ0n) is 20.6. The molecule has 3 aromatic carbocycles. The zero-order valence-corrected chi connectivity index (χ0v) is 22.2. The number of thioether (sulfide) groups is 1. The van der Waals surface area contributed by atoms with Gasteiger partial charge in [-0.05, 0) is 65.9 Å². The lowest BCUT2D eigenvalue weighted by atomic mass is 9.99. The molecule has 0 aliphatic carbocycles. The topological polar surface area (TPSA) is 48.0 Å². The lowest BCUT2D eigenvalue weighted by Crippen LogP contribution is -2.27. The van der Waals surface area contributed by atoms with Gasteiger partial charge in [0.05, 0.1) is 17.7 Å². The largest absolute Gasteiger partial charge is 0.493 e. The average Bonchev–Trinajstić information content (AvgIpc) is 3.19. The van der Waals surface area contributed by atoms with Crippen molar-refractivity contribution in [3.05, 3.63) is 88.8 Å². The van der Waals surface area contributed by atoms with E-state index in [1.54, 1.807) is 12.0 Å². The fourth-order valence-electron chi connectivity index (χ4n) is 3.75. The molecule has 0 unspecified atom stereocenters. The minimum atomic E-state index is -0.134. The molecule has 7 heteroatoms. The first-order chi connectivity index (χ1) is 17.5. The molecular formula is C29H29NO4S2. The molecule has 1 heterocycles. The molecule has 0 N–H and O–H groups in total. The maximum absolute atomic E-state index is 13.0. The van der Waals surface area contributed by atoms with Crippen molar-refractivity contribution >= 4 is 46.0 Å². The molecule has 1 atom stereocenters. The lowest BCUT2D eigenvalue weighted by molar-refractivity contribution is -0.113. The molecule has 1 aliphatic heterocycles. The van der Waals surface area contributed by atoms with E-state index >= 15 is 0 Å². The fraction of sp³-hybridized carbons (Fsp3) is 0.241. The maximum atomic E-state index is 13.0. The molecule has 186 valence electrons. The van der Waals surface area contributed by atoms with Gasteiger partial charge < -0.3 is 14.2 Å². The van der Waals surface area contributed by atoms with Crippen LogP contribution in [-0.4, -0.2) is 30.6 Å². The third-order valence-electron chi connectivity index (χ3n) is 5.96. The van der Waals surface area contributed by atoms with Gasteiger partial charge in [-0.15, -0.1) is 0 Å². The highest BCUT2D eigenvalue weighted by Gasteiger charge is 2.33. The highest BCUT2D eigenvalue weighted by atomic mass is 32.2. The summed E-state index contributed by atoms with van der Waals surface area (Å²) in [6.07, 6.45) is 2.93. The highest BCUT2D eigenvalue weighted by Crippen LogP contribution is 2.37. The molecule has 36 heavy (non-hydrogen) atoms. The molecule has 1 amide bonds. The zero-order chi connectivity index (χ0) is 25.5. The first kappa shape index (κ1) is 25.8. The predicted molar refractivity (Wildman–Crippen MR) is 151 cm³/mol. The number of para-hydroxylation sites is 1. The fourth-order valence-corrected chi connectivity index (χ4v) is 5.05. The van der Waals surface area contributed by atoms with Crippen LogP contribution in [0.3, 0.4) is 0 Å². The first-order valence-corrected chi connectivity index (χ1v) is 13.1. The maximum Gasteiger partial charge on any atom is 0.270 e. The molecule has 3 aromatic rings. The van der Waals surface area contributed by atoms with Crippen molar-refractivity contribution in [1.82, 2.24) is 0 Å². The molecule has 0 radical (unpaired) electrons. The van der Waals surface area contributed by atoms with Gasteiger partial charge in [-0.2, -0.15) is 0 Å². The number of thiocarbonyl (C=S) groups is 1. The minimum absolute atomic E-state index is 0.134. The quantitative estimate of drug-likeness (QED) is 0.162. The van der Waals surface area contributed by atoms with Crippen LogP contribution in [-0.2, 0) is 4.79 Å². The summed E-state index contributed by atoms with van der Waals surface area (Å²) in [5.74, 6) is 2.42. The summed E-state index contributed by atoms with van der Waals surface area (Å²) in [5.41, 5.74) is 2.90. The smallest absolute Gasteiger partial charge is 0.270 e. The van der Waals surface area contributed by atoms with Crippen molar-refractivity contribution in [1.29, 1.82) is 0 Å². The Bertz CT molecular complexity index is 1240. The summed E-state index contributed by atoms with van der Waals surface area (Å²) in [5, 5.41) is 0. The molecule has 5 nitrogen and oxygen atoms in total. The Labute approximate surface area is 222 Å². The van der Waals surface area contributed by atoms with E-state index in [0.29, 0.717) is 39.9 Å². The van der Waals surface area contributed by atoms with Crippen molar-refractivity contribution in [3.8, 4) is 17.2 Å². The van der Waals surface area contributed by atoms with Crippen LogP contribution < -0.4 is 19.1 Å². The molecule has 0 saturated carbocycles. The third-order valence-corrected chi connectivity index (χ3v) is 7.27. The summed E-state index contributed by atoms with van der Waals surface area (Å²) in [4.78, 5) is 15.1. The Balaban J connectivity index is 1.36. The van der Waals surface area contributed by atoms with E-state index in [-0.39, 0.29) is 5.91 Å². The summed E-state index contributed by atoms with van der Waals surface area (Å²) in [6, 6.07) is 23.2. The highest BCUT2D eigenvalue weighted by molar-refractivity contribution is 8.27. The summed E-state index contributed by atoms with van der Waals surface area (Å²) >= 11 is 6.74. The SMILES string of the molecule is CC[C@@H](C)c1ccc(OCCOc2ccc(/C=C3\SC(=S)N(c4ccccc4)C3=O)cc2OC)cc1. The van der Waals surface area contributed by atoms with E-state index < -0.39 is 0 Å². The Morgan fingerprint density at radius 1 is 0.972 bits per heavy atom. The second-order valence-electron chi connectivity index (χ2n) is 8.34. The summed E-state index contributed by atoms with van der Waals surface area (Å²) in [6.45, 7) is 5.19. The molecule has 1 saturated heterocycles. The van der Waals surface area contributed by atoms with Crippen molar-refractivity contribution in [2.75, 3.05) is 25.2 Å². The number of benzene rings is 3. The van der Waals surface area contributed by atoms with Gasteiger partial charge in [0.2, 0.25) is 0 Å². The van der Waals surface area contributed by atoms with Gasteiger partial charge in [-0.25, -0.2) is 0 Å². The molecule has 4 rings (SSSR count). The predicted octanol–water partition coefficient (Wildman–Crippen LogP) is 7.07. The number of amides is 1. The lowest BCUT2D eigenvalue weighted by Gasteiger charge is -2.14. The molecule has 1 aliphatic rings. The molecule has 0 spiro atoms. The second kappa shape index (κ2) is 12.1. The normalized spacial score (nSPS) is 15.3. The number of anilines is 1. The Morgan fingerprint density at radius 2 is 1.69 bits per heavy atom. The summed E-state index contributed by atoms with van der Waals surface area (Å²) < 4.78 is 17.8. The first-order valence-electron chi connectivity index (χ1n) is 11.9. The summed E-state index contributed by atoms with van der Waals surface area (Å²) in [7, 11) is 1.59. The van der Waals surface area contributed by atoms with Crippen LogP contribution in [0.15, 0.2) is 77.7 Å². The van der Waals surface area contributed by atoms with Crippen LogP contribution in [0.2, 0.25) is 0 Å². The number of carbonyl (C=O) groups excluding carboxylic acids is 1. The number of ether oxygens (including phenoxy) is 3. The van der Waals surface area contributed by atoms with Gasteiger partial charge in [0.25, 0.3) is 5.91 Å². The standard InChI is InChI=1S/C29H29NO4S2/c1-4-20(2)22-11-13-24(14-12-22)33-16-17-34-25-15-10-21(18-26(25)32-3)19-27-28(31)30(29(35)36-27)23-8-6-5-7-9-23/h5-15,18-20H,4,16-17H2,1-3H3/b27-19-/t20-/m1/s1. The van der Waals surface area contributed by atoms with Gasteiger partial charge in [0.1, 0.15) is 19.0 Å². The number of rotatable bonds is 10. The van der Waals surface area contributed by atoms with Crippen LogP contribution in [0.4, 0.5) is 5.69 Å². The average molecular weight is 520 g/mol. The van der Waals surface area contributed by atoms with Crippen molar-refractivity contribution in [2.24, 2.45) is 0 Å². The van der Waals surface area contributed by atoms with Gasteiger partial charge in [0, 0.05) is 0 Å². The molecule has 1 fully saturated rings. The van der Waals surface area contributed by atoms with Crippen LogP contribution in [0.25, 0.3) is 6.08 Å². The Hall–Kier alpha value is -3.29. The van der Waals surface area contributed by atoms with Gasteiger partial charge in [0.15, 0.2) is 15.8 Å². The van der Waals surface area contributed by atoms with E-state index in [1.807, 2.05) is 66.7 Å². The van der Waals surface area contributed by atoms with E-state index in [1.165, 1.54) is 17.3 Å². The van der Waals surface area contributed by atoms with Gasteiger partial charge >= 0.3 is 0 Å². The van der Waals surface area contributed by atoms with Crippen LogP contribution in [0, 0.1) is 0 Å². The number of hydrogen-bond donors (Lipinski definition) is 0. The van der Waals surface area contributed by atoms with Crippen LogP contribution in [0.5, 0.6) is 17.2 Å². The van der Waals surface area contributed by atoms with Gasteiger partial charge in [-0.3, -0.25) is 9.69 Å². The Kier molecular flexibility index (Phi) is 8.67. The van der Waals surface area contributed by atoms with Crippen molar-refractivity contribution in [2.45, 2.75) is 26.2 Å². The van der Waals surface area contributed by atoms with Crippen molar-refractivity contribution < 1.29 is 19.0 Å². The third kappa shape index (κ3) is 6.09. The van der Waals surface area contributed by atoms with Crippen LogP contribution in [0.1, 0.15) is 37.3 Å². The molecular weight excluding hydrogens is 490 g/mol. The molecule has 0 bridgehead atoms. The van der Waals surface area contributed by atoms with E-state index in [0.717, 1.165) is 23.4 Å². The minimum Gasteiger partial charge on any atom is -0.493 e. The number of nitrogens with zero attached hydrogens (tertiary/aromatic N) is 1. The molecule has 0 aromatic heterocycles. The number of methoxy groups -OCH3 is 1. The van der Waals surface area contributed by atoms with E-state index in [2.05, 4.69) is 26.0 Å². The van der Waals surface area contributed by atoms with E-state index in [9.17, 15) is 4.79 Å². The van der Waals surface area contributed by atoms with E-state index in [4.69, 9.17) is 26.4 Å². The monoisotopic (exact) mass is 519 g/mol. The van der Waals surface area contributed by atoms with Crippen molar-refractivity contribution in [3.63, 3.8) is 0 Å². The van der Waals surface area contributed by atoms with Crippen LogP contribution >= 0.6 is 24.0 Å². The number of carbonyl (C=O) groups is 1. The second-order valence-corrected chi connectivity index (χ2v) is 10.0.